The first kappa shape index (κ1) is 20.7. The van der Waals surface area contributed by atoms with Gasteiger partial charge >= 0.3 is 6.18 Å². The summed E-state index contributed by atoms with van der Waals surface area (Å²) in [5.41, 5.74) is 0.238. The molecular formula is C17H14Cl3F3N2O. The monoisotopic (exact) mass is 424 g/mol. The summed E-state index contributed by atoms with van der Waals surface area (Å²) in [6.45, 7) is 1.74. The van der Waals surface area contributed by atoms with Gasteiger partial charge in [0.2, 0.25) is 3.79 Å². The quantitative estimate of drug-likeness (QED) is 0.498. The molecule has 0 heterocycles. The number of aryl methyl sites for hydroxylation is 1. The van der Waals surface area contributed by atoms with Gasteiger partial charge in [-0.3, -0.25) is 4.79 Å². The molecular weight excluding hydrogens is 412 g/mol. The number of rotatable bonds is 4. The van der Waals surface area contributed by atoms with E-state index in [-0.39, 0.29) is 5.69 Å². The fourth-order valence-electron chi connectivity index (χ4n) is 2.19. The highest BCUT2D eigenvalue weighted by Crippen LogP contribution is 2.34. The number of anilines is 1. The van der Waals surface area contributed by atoms with Crippen LogP contribution in [0.15, 0.2) is 48.5 Å². The van der Waals surface area contributed by atoms with E-state index in [1.54, 1.807) is 31.2 Å². The van der Waals surface area contributed by atoms with Gasteiger partial charge in [-0.15, -0.1) is 0 Å². The predicted molar refractivity (Wildman–Crippen MR) is 97.8 cm³/mol. The second-order valence-electron chi connectivity index (χ2n) is 5.49. The number of halogens is 6. The van der Waals surface area contributed by atoms with Crippen LogP contribution in [0, 0.1) is 6.92 Å². The molecule has 26 heavy (non-hydrogen) atoms. The van der Waals surface area contributed by atoms with Gasteiger partial charge in [0, 0.05) is 11.3 Å². The summed E-state index contributed by atoms with van der Waals surface area (Å²) in [6.07, 6.45) is -5.78. The Morgan fingerprint density at radius 1 is 1.04 bits per heavy atom. The molecule has 0 aliphatic rings. The van der Waals surface area contributed by atoms with E-state index in [0.29, 0.717) is 11.1 Å². The third kappa shape index (κ3) is 5.43. The van der Waals surface area contributed by atoms with E-state index < -0.39 is 27.6 Å². The zero-order chi connectivity index (χ0) is 19.5. The van der Waals surface area contributed by atoms with E-state index in [9.17, 15) is 18.0 Å². The molecule has 3 nitrogen and oxygen atoms in total. The lowest BCUT2D eigenvalue weighted by atomic mass is 10.1. The number of alkyl halides is 6. The normalized spacial score (nSPS) is 13.2. The number of carbonyl (C=O) groups excluding carboxylic acids is 1. The molecule has 2 rings (SSSR count). The molecule has 1 unspecified atom stereocenters. The Morgan fingerprint density at radius 3 is 2.27 bits per heavy atom. The molecule has 0 radical (unpaired) electrons. The van der Waals surface area contributed by atoms with Crippen molar-refractivity contribution in [3.05, 3.63) is 65.2 Å². The number of carbonyl (C=O) groups is 1. The molecule has 2 aromatic carbocycles. The average molecular weight is 426 g/mol. The first-order valence-electron chi connectivity index (χ1n) is 7.35. The fraction of sp³-hybridized carbons (Fsp3) is 0.235. The van der Waals surface area contributed by atoms with Crippen LogP contribution in [0.3, 0.4) is 0 Å². The maximum absolute atomic E-state index is 12.8. The Kier molecular flexibility index (Phi) is 6.32. The van der Waals surface area contributed by atoms with Crippen LogP contribution in [0.5, 0.6) is 0 Å². The van der Waals surface area contributed by atoms with Crippen LogP contribution in [-0.2, 0) is 6.18 Å². The molecule has 9 heteroatoms. The van der Waals surface area contributed by atoms with E-state index in [4.69, 9.17) is 34.8 Å². The van der Waals surface area contributed by atoms with Crippen molar-refractivity contribution in [1.29, 1.82) is 0 Å². The Morgan fingerprint density at radius 2 is 1.69 bits per heavy atom. The molecule has 140 valence electrons. The molecule has 1 atom stereocenters. The summed E-state index contributed by atoms with van der Waals surface area (Å²) < 4.78 is 36.5. The summed E-state index contributed by atoms with van der Waals surface area (Å²) in [7, 11) is 0. The SMILES string of the molecule is Cc1ccccc1C(=O)NC(Nc1cccc(C(F)(F)F)c1)C(Cl)(Cl)Cl. The fourth-order valence-corrected chi connectivity index (χ4v) is 2.52. The first-order chi connectivity index (χ1) is 12.0. The zero-order valence-corrected chi connectivity index (χ0v) is 15.6. The van der Waals surface area contributed by atoms with E-state index in [1.165, 1.54) is 12.1 Å². The molecule has 0 bridgehead atoms. The lowest BCUT2D eigenvalue weighted by molar-refractivity contribution is -0.137. The van der Waals surface area contributed by atoms with E-state index in [1.807, 2.05) is 0 Å². The van der Waals surface area contributed by atoms with Crippen molar-refractivity contribution in [2.24, 2.45) is 0 Å². The second-order valence-corrected chi connectivity index (χ2v) is 7.85. The molecule has 0 fully saturated rings. The lowest BCUT2D eigenvalue weighted by Crippen LogP contribution is -2.49. The maximum Gasteiger partial charge on any atom is 0.416 e. The summed E-state index contributed by atoms with van der Waals surface area (Å²) >= 11 is 17.6. The standard InChI is InChI=1S/C17H14Cl3F3N2O/c1-10-5-2-3-8-13(10)14(26)25-15(16(18,19)20)24-12-7-4-6-11(9-12)17(21,22)23/h2-9,15,24H,1H3,(H,25,26). The van der Waals surface area contributed by atoms with Crippen molar-refractivity contribution in [2.75, 3.05) is 5.32 Å². The molecule has 0 saturated heterocycles. The summed E-state index contributed by atoms with van der Waals surface area (Å²) in [5, 5.41) is 5.12. The molecule has 0 spiro atoms. The van der Waals surface area contributed by atoms with Gasteiger partial charge in [-0.25, -0.2) is 0 Å². The minimum atomic E-state index is -4.52. The van der Waals surface area contributed by atoms with Crippen LogP contribution in [0.1, 0.15) is 21.5 Å². The van der Waals surface area contributed by atoms with Crippen molar-refractivity contribution in [3.8, 4) is 0 Å². The molecule has 0 aliphatic heterocycles. The third-order valence-corrected chi connectivity index (χ3v) is 4.15. The average Bonchev–Trinajstić information content (AvgIpc) is 2.53. The Balaban J connectivity index is 2.24. The van der Waals surface area contributed by atoms with Gasteiger partial charge in [0.05, 0.1) is 5.56 Å². The van der Waals surface area contributed by atoms with Crippen LogP contribution >= 0.6 is 34.8 Å². The van der Waals surface area contributed by atoms with Crippen molar-refractivity contribution in [1.82, 2.24) is 5.32 Å². The maximum atomic E-state index is 12.8. The second kappa shape index (κ2) is 7.94. The smallest absolute Gasteiger partial charge is 0.362 e. The number of amides is 1. The van der Waals surface area contributed by atoms with Crippen LogP contribution in [0.25, 0.3) is 0 Å². The van der Waals surface area contributed by atoms with E-state index in [2.05, 4.69) is 10.6 Å². The molecule has 0 aromatic heterocycles. The topological polar surface area (TPSA) is 41.1 Å². The van der Waals surface area contributed by atoms with Crippen molar-refractivity contribution in [2.45, 2.75) is 23.1 Å². The van der Waals surface area contributed by atoms with Crippen molar-refractivity contribution in [3.63, 3.8) is 0 Å². The van der Waals surface area contributed by atoms with Crippen molar-refractivity contribution < 1.29 is 18.0 Å². The first-order valence-corrected chi connectivity index (χ1v) is 8.49. The number of hydrogen-bond acceptors (Lipinski definition) is 2. The Hall–Kier alpha value is -1.63. The minimum absolute atomic E-state index is 0.0428. The third-order valence-electron chi connectivity index (χ3n) is 3.49. The van der Waals surface area contributed by atoms with Crippen LogP contribution < -0.4 is 10.6 Å². The van der Waals surface area contributed by atoms with Crippen LogP contribution in [0.2, 0.25) is 0 Å². The Bertz CT molecular complexity index is 791. The van der Waals surface area contributed by atoms with Gasteiger partial charge in [0.25, 0.3) is 5.91 Å². The zero-order valence-electron chi connectivity index (χ0n) is 13.4. The summed E-state index contributed by atoms with van der Waals surface area (Å²) in [6, 6.07) is 11.1. The van der Waals surface area contributed by atoms with Gasteiger partial charge in [-0.2, -0.15) is 13.2 Å². The molecule has 0 saturated carbocycles. The highest BCUT2D eigenvalue weighted by molar-refractivity contribution is 6.68. The van der Waals surface area contributed by atoms with Gasteiger partial charge < -0.3 is 10.6 Å². The van der Waals surface area contributed by atoms with Gasteiger partial charge in [-0.05, 0) is 36.8 Å². The van der Waals surface area contributed by atoms with E-state index in [0.717, 1.165) is 12.1 Å². The van der Waals surface area contributed by atoms with Gasteiger partial charge in [0.1, 0.15) is 6.17 Å². The van der Waals surface area contributed by atoms with Crippen molar-refractivity contribution >= 4 is 46.4 Å². The number of hydrogen-bond donors (Lipinski definition) is 2. The summed E-state index contributed by atoms with van der Waals surface area (Å²) in [5.74, 6) is -0.529. The molecule has 2 N–H and O–H groups in total. The molecule has 2 aromatic rings. The lowest BCUT2D eigenvalue weighted by Gasteiger charge is -2.28. The summed E-state index contributed by atoms with van der Waals surface area (Å²) in [4.78, 5) is 12.4. The number of benzene rings is 2. The van der Waals surface area contributed by atoms with E-state index >= 15 is 0 Å². The van der Waals surface area contributed by atoms with Crippen LogP contribution in [-0.4, -0.2) is 15.9 Å². The minimum Gasteiger partial charge on any atom is -0.362 e. The Labute approximate surface area is 163 Å². The highest BCUT2D eigenvalue weighted by atomic mass is 35.6. The number of nitrogens with one attached hydrogen (secondary N) is 2. The molecule has 1 amide bonds. The molecule has 0 aliphatic carbocycles. The predicted octanol–water partition coefficient (Wildman–Crippen LogP) is 5.55. The van der Waals surface area contributed by atoms with Gasteiger partial charge in [-0.1, -0.05) is 59.1 Å². The van der Waals surface area contributed by atoms with Crippen LogP contribution in [0.4, 0.5) is 18.9 Å². The van der Waals surface area contributed by atoms with Gasteiger partial charge in [0.15, 0.2) is 0 Å². The largest absolute Gasteiger partial charge is 0.416 e. The highest BCUT2D eigenvalue weighted by Gasteiger charge is 2.35.